The predicted molar refractivity (Wildman–Crippen MR) is 77.1 cm³/mol. The van der Waals surface area contributed by atoms with E-state index >= 15 is 0 Å². The third kappa shape index (κ3) is 5.07. The van der Waals surface area contributed by atoms with Crippen molar-refractivity contribution >= 4 is 12.0 Å². The molecule has 1 aliphatic rings. The van der Waals surface area contributed by atoms with Gasteiger partial charge in [-0.15, -0.1) is 0 Å². The number of aliphatic carboxylic acids is 1. The van der Waals surface area contributed by atoms with E-state index in [0.717, 1.165) is 6.42 Å². The molecule has 1 unspecified atom stereocenters. The second-order valence-electron chi connectivity index (χ2n) is 5.00. The molecule has 2 amide bonds. The Hall–Kier alpha value is -2.08. The number of urea groups is 1. The molecule has 2 rings (SSSR count). The SMILES string of the molecule is O=C(O)CC1CN(C(=O)NCCc2ccccc2)CCO1. The maximum atomic E-state index is 12.0. The Morgan fingerprint density at radius 3 is 2.81 bits per heavy atom. The maximum Gasteiger partial charge on any atom is 0.317 e. The summed E-state index contributed by atoms with van der Waals surface area (Å²) in [6.07, 6.45) is 0.277. The number of carboxylic acids is 1. The van der Waals surface area contributed by atoms with Gasteiger partial charge in [0.1, 0.15) is 0 Å². The first-order valence-electron chi connectivity index (χ1n) is 7.05. The van der Waals surface area contributed by atoms with E-state index in [4.69, 9.17) is 9.84 Å². The van der Waals surface area contributed by atoms with E-state index < -0.39 is 12.1 Å². The molecule has 21 heavy (non-hydrogen) atoms. The summed E-state index contributed by atoms with van der Waals surface area (Å²) in [6, 6.07) is 9.77. The summed E-state index contributed by atoms with van der Waals surface area (Å²) < 4.78 is 5.34. The fraction of sp³-hybridized carbons (Fsp3) is 0.467. The largest absolute Gasteiger partial charge is 0.481 e. The Bertz CT molecular complexity index is 478. The van der Waals surface area contributed by atoms with E-state index in [1.54, 1.807) is 4.90 Å². The molecule has 0 aromatic heterocycles. The highest BCUT2D eigenvalue weighted by atomic mass is 16.5. The summed E-state index contributed by atoms with van der Waals surface area (Å²) in [5.74, 6) is -0.911. The van der Waals surface area contributed by atoms with Crippen LogP contribution in [-0.4, -0.2) is 54.4 Å². The molecular formula is C15H20N2O4. The smallest absolute Gasteiger partial charge is 0.317 e. The van der Waals surface area contributed by atoms with Gasteiger partial charge in [-0.2, -0.15) is 0 Å². The molecule has 0 bridgehead atoms. The topological polar surface area (TPSA) is 78.9 Å². The van der Waals surface area contributed by atoms with Gasteiger partial charge in [-0.25, -0.2) is 4.79 Å². The first-order valence-corrected chi connectivity index (χ1v) is 7.05. The van der Waals surface area contributed by atoms with Crippen LogP contribution in [0.3, 0.4) is 0 Å². The molecule has 6 heteroatoms. The van der Waals surface area contributed by atoms with Crippen molar-refractivity contribution in [3.63, 3.8) is 0 Å². The number of carboxylic acid groups (broad SMARTS) is 1. The van der Waals surface area contributed by atoms with Crippen LogP contribution in [0, 0.1) is 0 Å². The molecule has 1 atom stereocenters. The number of nitrogens with zero attached hydrogens (tertiary/aromatic N) is 1. The molecule has 6 nitrogen and oxygen atoms in total. The number of hydrogen-bond acceptors (Lipinski definition) is 3. The van der Waals surface area contributed by atoms with Gasteiger partial charge in [-0.05, 0) is 12.0 Å². The van der Waals surface area contributed by atoms with Gasteiger partial charge < -0.3 is 20.1 Å². The number of rotatable bonds is 5. The number of hydrogen-bond donors (Lipinski definition) is 2. The Morgan fingerprint density at radius 2 is 2.10 bits per heavy atom. The zero-order valence-corrected chi connectivity index (χ0v) is 11.8. The molecule has 0 radical (unpaired) electrons. The van der Waals surface area contributed by atoms with E-state index in [0.29, 0.717) is 26.2 Å². The van der Waals surface area contributed by atoms with Crippen LogP contribution in [0.5, 0.6) is 0 Å². The molecule has 0 aliphatic carbocycles. The first kappa shape index (κ1) is 15.3. The molecule has 1 aromatic carbocycles. The van der Waals surface area contributed by atoms with Crippen LogP contribution < -0.4 is 5.32 Å². The molecule has 1 heterocycles. The summed E-state index contributed by atoms with van der Waals surface area (Å²) in [5, 5.41) is 11.6. The highest BCUT2D eigenvalue weighted by Gasteiger charge is 2.25. The zero-order valence-electron chi connectivity index (χ0n) is 11.8. The number of nitrogens with one attached hydrogen (secondary N) is 1. The quantitative estimate of drug-likeness (QED) is 0.852. The van der Waals surface area contributed by atoms with Gasteiger partial charge in [-0.1, -0.05) is 30.3 Å². The first-order chi connectivity index (χ1) is 10.1. The van der Waals surface area contributed by atoms with Crippen LogP contribution in [0.1, 0.15) is 12.0 Å². The second kappa shape index (κ2) is 7.64. The third-order valence-electron chi connectivity index (χ3n) is 3.36. The van der Waals surface area contributed by atoms with E-state index in [9.17, 15) is 9.59 Å². The van der Waals surface area contributed by atoms with Gasteiger partial charge in [0.25, 0.3) is 0 Å². The number of amides is 2. The third-order valence-corrected chi connectivity index (χ3v) is 3.36. The van der Waals surface area contributed by atoms with Crippen LogP contribution in [0.2, 0.25) is 0 Å². The molecule has 2 N–H and O–H groups in total. The Balaban J connectivity index is 1.73. The molecule has 0 saturated carbocycles. The van der Waals surface area contributed by atoms with Crippen LogP contribution in [0.4, 0.5) is 4.79 Å². The van der Waals surface area contributed by atoms with Crippen LogP contribution >= 0.6 is 0 Å². The molecule has 1 aliphatic heterocycles. The standard InChI is InChI=1S/C15H20N2O4/c18-14(19)10-13-11-17(8-9-21-13)15(20)16-7-6-12-4-2-1-3-5-12/h1-5,13H,6-11H2,(H,16,20)(H,18,19). The van der Waals surface area contributed by atoms with Crippen molar-refractivity contribution in [2.24, 2.45) is 0 Å². The van der Waals surface area contributed by atoms with Gasteiger partial charge in [-0.3, -0.25) is 4.79 Å². The molecule has 1 saturated heterocycles. The van der Waals surface area contributed by atoms with E-state index in [1.807, 2.05) is 30.3 Å². The summed E-state index contributed by atoms with van der Waals surface area (Å²) in [7, 11) is 0. The lowest BCUT2D eigenvalue weighted by Crippen LogP contribution is -2.50. The molecular weight excluding hydrogens is 272 g/mol. The average Bonchev–Trinajstić information content (AvgIpc) is 2.48. The number of benzene rings is 1. The van der Waals surface area contributed by atoms with Crippen LogP contribution in [-0.2, 0) is 16.0 Å². The van der Waals surface area contributed by atoms with E-state index in [-0.39, 0.29) is 12.5 Å². The van der Waals surface area contributed by atoms with E-state index in [1.165, 1.54) is 5.56 Å². The summed E-state index contributed by atoms with van der Waals surface area (Å²) in [4.78, 5) is 24.3. The molecule has 1 fully saturated rings. The second-order valence-corrected chi connectivity index (χ2v) is 5.00. The van der Waals surface area contributed by atoms with Gasteiger partial charge in [0.2, 0.25) is 0 Å². The molecule has 0 spiro atoms. The Morgan fingerprint density at radius 1 is 1.33 bits per heavy atom. The highest BCUT2D eigenvalue weighted by Crippen LogP contribution is 2.09. The van der Waals surface area contributed by atoms with Crippen LogP contribution in [0.15, 0.2) is 30.3 Å². The normalized spacial score (nSPS) is 18.3. The van der Waals surface area contributed by atoms with Crippen LogP contribution in [0.25, 0.3) is 0 Å². The highest BCUT2D eigenvalue weighted by molar-refractivity contribution is 5.74. The lowest BCUT2D eigenvalue weighted by atomic mass is 10.1. The van der Waals surface area contributed by atoms with Gasteiger partial charge >= 0.3 is 12.0 Å². The Labute approximate surface area is 123 Å². The van der Waals surface area contributed by atoms with Crippen molar-refractivity contribution in [2.75, 3.05) is 26.2 Å². The monoisotopic (exact) mass is 292 g/mol. The predicted octanol–water partition coefficient (Wildman–Crippen LogP) is 1.11. The van der Waals surface area contributed by atoms with Crippen molar-refractivity contribution in [3.8, 4) is 0 Å². The van der Waals surface area contributed by atoms with Crippen molar-refractivity contribution < 1.29 is 19.4 Å². The minimum absolute atomic E-state index is 0.0756. The van der Waals surface area contributed by atoms with Gasteiger partial charge in [0.05, 0.1) is 19.1 Å². The summed E-state index contributed by atoms with van der Waals surface area (Å²) in [5.41, 5.74) is 1.17. The maximum absolute atomic E-state index is 12.0. The summed E-state index contributed by atoms with van der Waals surface area (Å²) in [6.45, 7) is 1.75. The lowest BCUT2D eigenvalue weighted by molar-refractivity contribution is -0.141. The van der Waals surface area contributed by atoms with Crippen molar-refractivity contribution in [1.29, 1.82) is 0 Å². The number of carbonyl (C=O) groups excluding carboxylic acids is 1. The average molecular weight is 292 g/mol. The lowest BCUT2D eigenvalue weighted by Gasteiger charge is -2.32. The summed E-state index contributed by atoms with van der Waals surface area (Å²) >= 11 is 0. The fourth-order valence-electron chi connectivity index (χ4n) is 2.29. The van der Waals surface area contributed by atoms with Crippen molar-refractivity contribution in [3.05, 3.63) is 35.9 Å². The van der Waals surface area contributed by atoms with Crippen molar-refractivity contribution in [2.45, 2.75) is 18.9 Å². The minimum atomic E-state index is -0.911. The van der Waals surface area contributed by atoms with Crippen molar-refractivity contribution in [1.82, 2.24) is 10.2 Å². The number of ether oxygens (including phenoxy) is 1. The van der Waals surface area contributed by atoms with Gasteiger partial charge in [0.15, 0.2) is 0 Å². The fourth-order valence-corrected chi connectivity index (χ4v) is 2.29. The zero-order chi connectivity index (χ0) is 15.1. The Kier molecular flexibility index (Phi) is 5.57. The molecule has 114 valence electrons. The minimum Gasteiger partial charge on any atom is -0.481 e. The van der Waals surface area contributed by atoms with E-state index in [2.05, 4.69) is 5.32 Å². The number of carbonyl (C=O) groups is 2. The number of morpholine rings is 1. The van der Waals surface area contributed by atoms with Gasteiger partial charge in [0, 0.05) is 19.6 Å². The molecule has 1 aromatic rings.